The molecule has 3 atom stereocenters. The standard InChI is InChI=1S/C35H34N4O5.Mg/c1-8-19-15(3)22-12-24-17(5)21(10-11-28(40)41)32(38-24)30-31(35(43)44-7)34(42)29-18(6)25(39-33(29)30)14-27-20(9-2)16(4)23(37-27)13-26(19)36-22;/h8-9,12-14,17,21,31H,1-2,10-11H2,3-7H3,(H3,36,37,38,39,40,41,42);/q;+2/p-3/t17-,21-,31+;/m0./s1. The van der Waals surface area contributed by atoms with Crippen LogP contribution < -0.4 is 25.8 Å². The Morgan fingerprint density at radius 3 is 2.18 bits per heavy atom. The number of carbonyl (C=O) groups is 2. The number of ether oxygens (including phenoxy) is 1. The summed E-state index contributed by atoms with van der Waals surface area (Å²) < 4.78 is 5.09. The van der Waals surface area contributed by atoms with Gasteiger partial charge in [-0.3, -0.25) is 9.79 Å². The van der Waals surface area contributed by atoms with E-state index < -0.39 is 29.5 Å². The fourth-order valence-corrected chi connectivity index (χ4v) is 6.70. The van der Waals surface area contributed by atoms with Crippen LogP contribution in [0.1, 0.15) is 44.9 Å². The first kappa shape index (κ1) is 32.1. The van der Waals surface area contributed by atoms with Crippen molar-refractivity contribution >= 4 is 69.5 Å². The predicted molar refractivity (Wildman–Crippen MR) is 171 cm³/mol. The minimum absolute atomic E-state index is 0. The van der Waals surface area contributed by atoms with Crippen molar-refractivity contribution in [3.05, 3.63) is 98.7 Å². The third kappa shape index (κ3) is 4.96. The van der Waals surface area contributed by atoms with Crippen molar-refractivity contribution in [3.63, 3.8) is 0 Å². The number of carboxylic acids is 1. The Bertz CT molecular complexity index is 1990. The summed E-state index contributed by atoms with van der Waals surface area (Å²) in [5, 5.41) is 26.2. The van der Waals surface area contributed by atoms with E-state index in [1.165, 1.54) is 7.11 Å². The van der Waals surface area contributed by atoms with Crippen molar-refractivity contribution in [3.8, 4) is 0 Å². The van der Waals surface area contributed by atoms with Crippen molar-refractivity contribution in [2.75, 3.05) is 7.11 Å². The molecule has 0 saturated heterocycles. The van der Waals surface area contributed by atoms with E-state index in [1.54, 1.807) is 19.1 Å². The molecule has 4 aliphatic heterocycles. The predicted octanol–water partition coefficient (Wildman–Crippen LogP) is 1.27. The van der Waals surface area contributed by atoms with Crippen LogP contribution in [0.15, 0.2) is 91.8 Å². The second kappa shape index (κ2) is 11.9. The molecular formula is C35H31MgN4O5-. The molecule has 0 spiro atoms. The third-order valence-corrected chi connectivity index (χ3v) is 9.17. The van der Waals surface area contributed by atoms with Gasteiger partial charge in [0.2, 0.25) is 0 Å². The number of nitrogens with zero attached hydrogens (tertiary/aromatic N) is 4. The number of allylic oxidation sites excluding steroid dienone is 7. The van der Waals surface area contributed by atoms with Gasteiger partial charge in [0.25, 0.3) is 0 Å². The average Bonchev–Trinajstić information content (AvgIpc) is 3.72. The largest absolute Gasteiger partial charge is 2.00 e. The molecule has 6 rings (SSSR count). The molecule has 5 heterocycles. The average molecular weight is 612 g/mol. The summed E-state index contributed by atoms with van der Waals surface area (Å²) in [6, 6.07) is 0. The number of carbonyl (C=O) groups excluding carboxylic acids is 2. The van der Waals surface area contributed by atoms with Gasteiger partial charge in [0.1, 0.15) is 0 Å². The fourth-order valence-electron chi connectivity index (χ4n) is 6.70. The molecule has 1 aromatic rings. The minimum atomic E-state index is -1.26. The molecule has 0 unspecified atom stereocenters. The summed E-state index contributed by atoms with van der Waals surface area (Å²) in [6.45, 7) is 15.7. The summed E-state index contributed by atoms with van der Waals surface area (Å²) in [5.74, 6) is -4.26. The number of hydrogen-bond donors (Lipinski definition) is 0. The van der Waals surface area contributed by atoms with Gasteiger partial charge in [0, 0.05) is 40.4 Å². The van der Waals surface area contributed by atoms with Gasteiger partial charge in [0.15, 0.2) is 0 Å². The second-order valence-corrected chi connectivity index (χ2v) is 11.5. The smallest absolute Gasteiger partial charge is 0.874 e. The van der Waals surface area contributed by atoms with E-state index in [1.807, 2.05) is 39.0 Å². The number of fused-ring (bicyclic) bond motifs is 5. The Kier molecular flexibility index (Phi) is 8.50. The monoisotopic (exact) mass is 611 g/mol. The Morgan fingerprint density at radius 2 is 1.60 bits per heavy atom. The van der Waals surface area contributed by atoms with Crippen molar-refractivity contribution < 1.29 is 24.5 Å². The second-order valence-electron chi connectivity index (χ2n) is 11.5. The van der Waals surface area contributed by atoms with Gasteiger partial charge in [-0.15, -0.1) is 16.8 Å². The summed E-state index contributed by atoms with van der Waals surface area (Å²) in [4.78, 5) is 44.5. The van der Waals surface area contributed by atoms with E-state index in [0.29, 0.717) is 55.9 Å². The molecule has 1 aliphatic carbocycles. The zero-order valence-electron chi connectivity index (χ0n) is 26.0. The van der Waals surface area contributed by atoms with Crippen LogP contribution in [0.2, 0.25) is 0 Å². The molecule has 0 fully saturated rings. The Hall–Kier alpha value is -4.28. The number of hydrogen-bond acceptors (Lipinski definition) is 8. The number of methoxy groups -OCH3 is 1. The van der Waals surface area contributed by atoms with Crippen molar-refractivity contribution in [1.82, 2.24) is 4.98 Å². The normalized spacial score (nSPS) is 23.2. The van der Waals surface area contributed by atoms with Gasteiger partial charge in [-0.2, -0.15) is 0 Å². The molecule has 45 heavy (non-hydrogen) atoms. The van der Waals surface area contributed by atoms with E-state index in [-0.39, 0.29) is 41.8 Å². The maximum Gasteiger partial charge on any atom is 2.00 e. The van der Waals surface area contributed by atoms with Gasteiger partial charge >= 0.3 is 29.0 Å². The van der Waals surface area contributed by atoms with Gasteiger partial charge in [-0.25, -0.2) is 9.98 Å². The SMILES string of the molecule is C=CC1=C(C)C2=NC1=Cc1[n-]c3c(c1C)=C([O-])[C@H](C(=O)OC)C=3C1=NC(=CC3=NC(=C2)C(C=C)=C3C)[C@@H](C)[C@@H]1CCC(=O)[O-].[Mg+2]. The molecule has 8 bridgehead atoms. The van der Waals surface area contributed by atoms with E-state index >= 15 is 0 Å². The zero-order chi connectivity index (χ0) is 31.6. The van der Waals surface area contributed by atoms with Crippen molar-refractivity contribution in [2.24, 2.45) is 32.7 Å². The van der Waals surface area contributed by atoms with Crippen LogP contribution in [0.3, 0.4) is 0 Å². The van der Waals surface area contributed by atoms with E-state index in [4.69, 9.17) is 24.7 Å². The van der Waals surface area contributed by atoms with Crippen LogP contribution >= 0.6 is 0 Å². The van der Waals surface area contributed by atoms with Crippen molar-refractivity contribution in [1.29, 1.82) is 0 Å². The van der Waals surface area contributed by atoms with Crippen LogP contribution in [-0.4, -0.2) is 59.2 Å². The van der Waals surface area contributed by atoms with Gasteiger partial charge in [0.05, 0.1) is 35.8 Å². The van der Waals surface area contributed by atoms with E-state index in [0.717, 1.165) is 28.0 Å². The summed E-state index contributed by atoms with van der Waals surface area (Å²) in [7, 11) is 1.24. The van der Waals surface area contributed by atoms with E-state index in [2.05, 4.69) is 13.2 Å². The molecule has 5 aliphatic rings. The summed E-state index contributed by atoms with van der Waals surface area (Å²) >= 11 is 0. The Morgan fingerprint density at radius 1 is 1.00 bits per heavy atom. The summed E-state index contributed by atoms with van der Waals surface area (Å²) in [5.41, 5.74) is 8.89. The molecule has 0 saturated carbocycles. The van der Waals surface area contributed by atoms with Crippen LogP contribution in [0.5, 0.6) is 0 Å². The number of aliphatic carboxylic acids is 1. The van der Waals surface area contributed by atoms with Crippen LogP contribution in [0.4, 0.5) is 0 Å². The molecule has 9 nitrogen and oxygen atoms in total. The fraction of sp³-hybridized carbons (Fsp3) is 0.286. The molecule has 0 aromatic carbocycles. The van der Waals surface area contributed by atoms with Crippen LogP contribution in [0, 0.1) is 24.7 Å². The molecule has 10 heteroatoms. The molecule has 1 aromatic heterocycles. The zero-order valence-corrected chi connectivity index (χ0v) is 27.4. The number of rotatable bonds is 6. The molecular weight excluding hydrogens is 581 g/mol. The molecule has 0 radical (unpaired) electrons. The Balaban J connectivity index is 0.00000400. The first-order chi connectivity index (χ1) is 21.0. The molecule has 224 valence electrons. The number of carboxylic acid groups (broad SMARTS) is 1. The number of aromatic nitrogens is 1. The number of esters is 1. The van der Waals surface area contributed by atoms with Gasteiger partial charge in [-0.1, -0.05) is 43.9 Å². The third-order valence-electron chi connectivity index (χ3n) is 9.17. The number of aliphatic imine (C=N–C) groups is 3. The summed E-state index contributed by atoms with van der Waals surface area (Å²) in [6.07, 6.45) is 9.12. The Labute approximate surface area is 277 Å². The van der Waals surface area contributed by atoms with Gasteiger partial charge < -0.3 is 24.7 Å². The van der Waals surface area contributed by atoms with E-state index in [9.17, 15) is 19.8 Å². The molecule has 0 amide bonds. The van der Waals surface area contributed by atoms with Crippen molar-refractivity contribution in [2.45, 2.75) is 40.5 Å². The van der Waals surface area contributed by atoms with Crippen LogP contribution in [0.25, 0.3) is 17.4 Å². The topological polar surface area (TPSA) is 141 Å². The first-order valence-corrected chi connectivity index (χ1v) is 14.5. The quantitative estimate of drug-likeness (QED) is 0.350. The maximum atomic E-state index is 13.9. The first-order valence-electron chi connectivity index (χ1n) is 14.5. The van der Waals surface area contributed by atoms with Crippen LogP contribution in [-0.2, 0) is 14.3 Å². The van der Waals surface area contributed by atoms with Gasteiger partial charge in [-0.05, 0) is 67.7 Å². The molecule has 0 N–H and O–H groups in total. The maximum absolute atomic E-state index is 13.9. The minimum Gasteiger partial charge on any atom is -0.874 e.